The molecule has 1 atom stereocenters. The predicted octanol–water partition coefficient (Wildman–Crippen LogP) is 4.58. The maximum atomic E-state index is 13.1. The molecule has 0 amide bonds. The first-order chi connectivity index (χ1) is 11.5. The van der Waals surface area contributed by atoms with Crippen molar-refractivity contribution in [2.45, 2.75) is 30.0 Å². The second kappa shape index (κ2) is 5.88. The van der Waals surface area contributed by atoms with Gasteiger partial charge in [-0.15, -0.1) is 11.3 Å². The Hall–Kier alpha value is -1.34. The molecule has 4 nitrogen and oxygen atoms in total. The van der Waals surface area contributed by atoms with Crippen LogP contribution in [0.4, 0.5) is 0 Å². The fourth-order valence-corrected chi connectivity index (χ4v) is 6.83. The van der Waals surface area contributed by atoms with Gasteiger partial charge in [-0.05, 0) is 36.6 Å². The molecule has 3 aromatic rings. The van der Waals surface area contributed by atoms with Gasteiger partial charge < -0.3 is 4.98 Å². The van der Waals surface area contributed by atoms with Crippen LogP contribution in [0.25, 0.3) is 10.9 Å². The zero-order valence-corrected chi connectivity index (χ0v) is 15.5. The molecule has 1 N–H and O–H groups in total. The summed E-state index contributed by atoms with van der Waals surface area (Å²) >= 11 is 7.05. The lowest BCUT2D eigenvalue weighted by Crippen LogP contribution is -2.39. The zero-order valence-electron chi connectivity index (χ0n) is 13.1. The highest BCUT2D eigenvalue weighted by Crippen LogP contribution is 2.40. The summed E-state index contributed by atoms with van der Waals surface area (Å²) in [5.74, 6) is 0. The smallest absolute Gasteiger partial charge is 0.253 e. The van der Waals surface area contributed by atoms with Gasteiger partial charge in [-0.3, -0.25) is 0 Å². The molecule has 0 radical (unpaired) electrons. The first-order valence-electron chi connectivity index (χ1n) is 7.89. The Labute approximate surface area is 150 Å². The van der Waals surface area contributed by atoms with E-state index in [1.54, 1.807) is 16.4 Å². The minimum Gasteiger partial charge on any atom is -0.357 e. The summed E-state index contributed by atoms with van der Waals surface area (Å²) in [6.45, 7) is 2.51. The van der Waals surface area contributed by atoms with E-state index < -0.39 is 10.0 Å². The maximum Gasteiger partial charge on any atom is 0.253 e. The van der Waals surface area contributed by atoms with E-state index in [0.717, 1.165) is 29.0 Å². The van der Waals surface area contributed by atoms with Crippen LogP contribution in [-0.4, -0.2) is 24.3 Å². The van der Waals surface area contributed by atoms with Crippen molar-refractivity contribution in [1.82, 2.24) is 9.29 Å². The van der Waals surface area contributed by atoms with Gasteiger partial charge in [0.2, 0.25) is 0 Å². The van der Waals surface area contributed by atoms with E-state index in [4.69, 9.17) is 11.6 Å². The van der Waals surface area contributed by atoms with Gasteiger partial charge >= 0.3 is 0 Å². The molecule has 126 valence electrons. The van der Waals surface area contributed by atoms with Crippen LogP contribution in [0.5, 0.6) is 0 Å². The van der Waals surface area contributed by atoms with Crippen molar-refractivity contribution >= 4 is 43.9 Å². The molecule has 0 aliphatic carbocycles. The number of fused-ring (bicyclic) bond motifs is 3. The summed E-state index contributed by atoms with van der Waals surface area (Å²) in [6.07, 6.45) is 1.44. The van der Waals surface area contributed by atoms with Crippen LogP contribution in [0.2, 0.25) is 4.34 Å². The van der Waals surface area contributed by atoms with Crippen LogP contribution < -0.4 is 0 Å². The molecule has 1 aliphatic rings. The van der Waals surface area contributed by atoms with Gasteiger partial charge in [0.05, 0.1) is 10.4 Å². The number of nitrogens with one attached hydrogen (secondary N) is 1. The van der Waals surface area contributed by atoms with E-state index in [2.05, 4.69) is 11.1 Å². The standard InChI is InChI=1S/C17H17ClN2O2S2/c1-2-14-17-12(11-5-3-4-6-13(11)19-17)9-10-20(14)24(21,22)16-8-7-15(18)23-16/h3-8,14,19H,2,9-10H2,1H3. The van der Waals surface area contributed by atoms with E-state index >= 15 is 0 Å². The van der Waals surface area contributed by atoms with Crippen molar-refractivity contribution in [3.63, 3.8) is 0 Å². The lowest BCUT2D eigenvalue weighted by atomic mass is 9.98. The molecule has 0 bridgehead atoms. The Balaban J connectivity index is 1.82. The number of aromatic amines is 1. The van der Waals surface area contributed by atoms with Crippen LogP contribution in [0, 0.1) is 0 Å². The van der Waals surface area contributed by atoms with Gasteiger partial charge in [0.1, 0.15) is 4.21 Å². The summed E-state index contributed by atoms with van der Waals surface area (Å²) in [4.78, 5) is 3.45. The van der Waals surface area contributed by atoms with Crippen molar-refractivity contribution in [2.75, 3.05) is 6.54 Å². The second-order valence-electron chi connectivity index (χ2n) is 5.91. The number of rotatable bonds is 3. The Morgan fingerprint density at radius 2 is 2.08 bits per heavy atom. The van der Waals surface area contributed by atoms with Crippen molar-refractivity contribution < 1.29 is 8.42 Å². The molecule has 3 heterocycles. The topological polar surface area (TPSA) is 53.2 Å². The fraction of sp³-hybridized carbons (Fsp3) is 0.294. The van der Waals surface area contributed by atoms with E-state index in [-0.39, 0.29) is 6.04 Å². The number of H-pyrrole nitrogens is 1. The maximum absolute atomic E-state index is 13.1. The van der Waals surface area contributed by atoms with Gasteiger partial charge in [0.25, 0.3) is 10.0 Å². The highest BCUT2D eigenvalue weighted by molar-refractivity contribution is 7.91. The van der Waals surface area contributed by atoms with Crippen molar-refractivity contribution in [1.29, 1.82) is 0 Å². The largest absolute Gasteiger partial charge is 0.357 e. The van der Waals surface area contributed by atoms with E-state index in [0.29, 0.717) is 21.5 Å². The van der Waals surface area contributed by atoms with Gasteiger partial charge in [-0.1, -0.05) is 36.7 Å². The minimum absolute atomic E-state index is 0.174. The van der Waals surface area contributed by atoms with Crippen LogP contribution >= 0.6 is 22.9 Å². The van der Waals surface area contributed by atoms with E-state index in [1.165, 1.54) is 10.9 Å². The number of benzene rings is 1. The van der Waals surface area contributed by atoms with Crippen LogP contribution in [0.3, 0.4) is 0 Å². The molecule has 7 heteroatoms. The van der Waals surface area contributed by atoms with Crippen molar-refractivity contribution in [3.05, 3.63) is 52.0 Å². The molecule has 1 unspecified atom stereocenters. The molecule has 0 saturated heterocycles. The first kappa shape index (κ1) is 16.1. The number of sulfonamides is 1. The number of hydrogen-bond donors (Lipinski definition) is 1. The number of para-hydroxylation sites is 1. The molecule has 24 heavy (non-hydrogen) atoms. The molecule has 0 saturated carbocycles. The zero-order chi connectivity index (χ0) is 16.9. The highest BCUT2D eigenvalue weighted by atomic mass is 35.5. The number of hydrogen-bond acceptors (Lipinski definition) is 3. The number of halogens is 1. The normalized spacial score (nSPS) is 18.8. The summed E-state index contributed by atoms with van der Waals surface area (Å²) in [5, 5.41) is 1.20. The third-order valence-electron chi connectivity index (χ3n) is 4.61. The van der Waals surface area contributed by atoms with E-state index in [1.807, 2.05) is 25.1 Å². The van der Waals surface area contributed by atoms with Crippen LogP contribution in [0.1, 0.15) is 30.6 Å². The first-order valence-corrected chi connectivity index (χ1v) is 10.5. The quantitative estimate of drug-likeness (QED) is 0.722. The Morgan fingerprint density at radius 3 is 2.79 bits per heavy atom. The average molecular weight is 381 g/mol. The van der Waals surface area contributed by atoms with Crippen LogP contribution in [-0.2, 0) is 16.4 Å². The second-order valence-corrected chi connectivity index (χ2v) is 9.74. The van der Waals surface area contributed by atoms with Crippen molar-refractivity contribution in [3.8, 4) is 0 Å². The molecule has 4 rings (SSSR count). The summed E-state index contributed by atoms with van der Waals surface area (Å²) in [7, 11) is -3.54. The summed E-state index contributed by atoms with van der Waals surface area (Å²) in [6, 6.07) is 11.2. The molecular formula is C17H17ClN2O2S2. The van der Waals surface area contributed by atoms with Crippen molar-refractivity contribution in [2.24, 2.45) is 0 Å². The average Bonchev–Trinajstić information content (AvgIpc) is 3.17. The summed E-state index contributed by atoms with van der Waals surface area (Å²) in [5.41, 5.74) is 3.34. The Bertz CT molecular complexity index is 1010. The SMILES string of the molecule is CCC1c2[nH]c3ccccc3c2CCN1S(=O)(=O)c1ccc(Cl)s1. The lowest BCUT2D eigenvalue weighted by Gasteiger charge is -2.33. The minimum atomic E-state index is -3.54. The molecule has 0 spiro atoms. The number of thiophene rings is 1. The van der Waals surface area contributed by atoms with Gasteiger partial charge in [-0.2, -0.15) is 4.31 Å². The number of aromatic nitrogens is 1. The Kier molecular flexibility index (Phi) is 3.95. The summed E-state index contributed by atoms with van der Waals surface area (Å²) < 4.78 is 28.5. The lowest BCUT2D eigenvalue weighted by molar-refractivity contribution is 0.297. The molecule has 0 fully saturated rings. The monoisotopic (exact) mass is 380 g/mol. The highest BCUT2D eigenvalue weighted by Gasteiger charge is 2.37. The van der Waals surface area contributed by atoms with Gasteiger partial charge in [-0.25, -0.2) is 8.42 Å². The third kappa shape index (κ3) is 2.40. The van der Waals surface area contributed by atoms with Crippen LogP contribution in [0.15, 0.2) is 40.6 Å². The Morgan fingerprint density at radius 1 is 1.29 bits per heavy atom. The molecular weight excluding hydrogens is 364 g/mol. The molecule has 1 aromatic carbocycles. The molecule has 1 aliphatic heterocycles. The predicted molar refractivity (Wildman–Crippen MR) is 98.3 cm³/mol. The fourth-order valence-electron chi connectivity index (χ4n) is 3.54. The molecule has 2 aromatic heterocycles. The number of nitrogens with zero attached hydrogens (tertiary/aromatic N) is 1. The van der Waals surface area contributed by atoms with Gasteiger partial charge in [0.15, 0.2) is 0 Å². The van der Waals surface area contributed by atoms with Gasteiger partial charge in [0, 0.05) is 23.1 Å². The third-order valence-corrected chi connectivity index (χ3v) is 8.21. The van der Waals surface area contributed by atoms with E-state index in [9.17, 15) is 8.42 Å².